The first-order valence-corrected chi connectivity index (χ1v) is 10.1. The molecular formula is C22H25N3O. The van der Waals surface area contributed by atoms with Crippen LogP contribution in [-0.2, 0) is 13.0 Å². The van der Waals surface area contributed by atoms with Gasteiger partial charge in [-0.3, -0.25) is 4.79 Å². The highest BCUT2D eigenvalue weighted by atomic mass is 16.1. The lowest BCUT2D eigenvalue weighted by atomic mass is 9.96. The van der Waals surface area contributed by atoms with E-state index in [4.69, 9.17) is 0 Å². The van der Waals surface area contributed by atoms with Crippen LogP contribution in [0.5, 0.6) is 0 Å². The Bertz CT molecular complexity index is 1080. The van der Waals surface area contributed by atoms with Gasteiger partial charge in [0.15, 0.2) is 0 Å². The zero-order chi connectivity index (χ0) is 17.4. The summed E-state index contributed by atoms with van der Waals surface area (Å²) in [4.78, 5) is 16.2. The van der Waals surface area contributed by atoms with Crippen molar-refractivity contribution in [1.82, 2.24) is 14.0 Å². The summed E-state index contributed by atoms with van der Waals surface area (Å²) < 4.78 is 4.51. The molecule has 0 amide bonds. The number of piperidine rings is 1. The van der Waals surface area contributed by atoms with Gasteiger partial charge in [0.25, 0.3) is 5.56 Å². The quantitative estimate of drug-likeness (QED) is 0.672. The van der Waals surface area contributed by atoms with E-state index in [2.05, 4.69) is 51.5 Å². The van der Waals surface area contributed by atoms with Crippen molar-refractivity contribution in [1.29, 1.82) is 0 Å². The van der Waals surface area contributed by atoms with E-state index in [-0.39, 0.29) is 5.56 Å². The number of aryl methyl sites for hydroxylation is 2. The summed E-state index contributed by atoms with van der Waals surface area (Å²) in [5.41, 5.74) is 4.03. The molecule has 5 heterocycles. The fourth-order valence-corrected chi connectivity index (χ4v) is 5.99. The minimum absolute atomic E-state index is 0.231. The maximum Gasteiger partial charge on any atom is 0.260 e. The number of aromatic nitrogens is 2. The smallest absolute Gasteiger partial charge is 0.260 e. The van der Waals surface area contributed by atoms with Crippen LogP contribution in [0.15, 0.2) is 35.3 Å². The third-order valence-electron chi connectivity index (χ3n) is 7.31. The van der Waals surface area contributed by atoms with Crippen LogP contribution in [0, 0.1) is 0 Å². The molecule has 3 aliphatic rings. The first-order chi connectivity index (χ1) is 12.7. The van der Waals surface area contributed by atoms with Gasteiger partial charge in [-0.1, -0.05) is 18.2 Å². The van der Waals surface area contributed by atoms with Crippen molar-refractivity contribution >= 4 is 21.8 Å². The van der Waals surface area contributed by atoms with E-state index >= 15 is 0 Å². The van der Waals surface area contributed by atoms with E-state index in [9.17, 15) is 4.79 Å². The minimum Gasteiger partial charge on any atom is -0.340 e. The zero-order valence-electron chi connectivity index (χ0n) is 15.3. The lowest BCUT2D eigenvalue weighted by Crippen LogP contribution is -2.42. The normalized spacial score (nSPS) is 28.3. The van der Waals surface area contributed by atoms with Gasteiger partial charge in [-0.05, 0) is 57.2 Å². The molecule has 6 rings (SSSR count). The molecule has 134 valence electrons. The minimum atomic E-state index is 0.231. The number of nitrogens with zero attached hydrogens (tertiary/aromatic N) is 3. The molecule has 2 aromatic heterocycles. The van der Waals surface area contributed by atoms with Crippen molar-refractivity contribution in [3.8, 4) is 0 Å². The van der Waals surface area contributed by atoms with E-state index in [1.54, 1.807) is 0 Å². The van der Waals surface area contributed by atoms with Gasteiger partial charge in [0.05, 0.1) is 10.9 Å². The van der Waals surface area contributed by atoms with Crippen LogP contribution in [0.25, 0.3) is 21.8 Å². The van der Waals surface area contributed by atoms with E-state index in [0.29, 0.717) is 18.1 Å². The topological polar surface area (TPSA) is 30.2 Å². The Balaban J connectivity index is 1.61. The lowest BCUT2D eigenvalue weighted by Gasteiger charge is -2.37. The molecule has 0 N–H and O–H groups in total. The molecule has 4 nitrogen and oxygen atoms in total. The predicted octanol–water partition coefficient (Wildman–Crippen LogP) is 3.70. The zero-order valence-corrected chi connectivity index (χ0v) is 15.3. The Hall–Kier alpha value is -2.07. The van der Waals surface area contributed by atoms with E-state index in [1.807, 2.05) is 0 Å². The highest BCUT2D eigenvalue weighted by molar-refractivity contribution is 6.08. The molecule has 1 unspecified atom stereocenters. The van der Waals surface area contributed by atoms with Crippen molar-refractivity contribution < 1.29 is 0 Å². The molecule has 26 heavy (non-hydrogen) atoms. The van der Waals surface area contributed by atoms with Gasteiger partial charge in [-0.2, -0.15) is 0 Å². The summed E-state index contributed by atoms with van der Waals surface area (Å²) in [7, 11) is 2.27. The number of para-hydroxylation sites is 1. The van der Waals surface area contributed by atoms with E-state index < -0.39 is 0 Å². The molecule has 2 fully saturated rings. The van der Waals surface area contributed by atoms with E-state index in [1.165, 1.54) is 29.4 Å². The number of hydrogen-bond acceptors (Lipinski definition) is 2. The van der Waals surface area contributed by atoms with Gasteiger partial charge in [-0.15, -0.1) is 0 Å². The highest BCUT2D eigenvalue weighted by Gasteiger charge is 2.39. The van der Waals surface area contributed by atoms with Gasteiger partial charge in [-0.25, -0.2) is 0 Å². The predicted molar refractivity (Wildman–Crippen MR) is 105 cm³/mol. The van der Waals surface area contributed by atoms with Crippen LogP contribution in [0.3, 0.4) is 0 Å². The van der Waals surface area contributed by atoms with Crippen molar-refractivity contribution in [2.75, 3.05) is 7.05 Å². The maximum absolute atomic E-state index is 13.6. The average Bonchev–Trinajstić information content (AvgIpc) is 3.08. The molecule has 1 aromatic carbocycles. The largest absolute Gasteiger partial charge is 0.340 e. The standard InChI is InChI=1S/C22H25N3O/c1-23-15-8-9-16(23)12-17(11-15)25-13-14-5-4-10-24-19-7-3-2-6-18(19)20(21(14)24)22(25)26/h2-3,6-7,13,15-17H,4-5,8-12H2,1H3/t15-,16+,17?. The van der Waals surface area contributed by atoms with Gasteiger partial charge in [0, 0.05) is 41.8 Å². The Kier molecular flexibility index (Phi) is 3.02. The number of fused-ring (bicyclic) bond motifs is 5. The summed E-state index contributed by atoms with van der Waals surface area (Å²) in [5.74, 6) is 0. The van der Waals surface area contributed by atoms with Crippen LogP contribution in [0.2, 0.25) is 0 Å². The first-order valence-electron chi connectivity index (χ1n) is 10.1. The van der Waals surface area contributed by atoms with Gasteiger partial charge in [0.1, 0.15) is 0 Å². The highest BCUT2D eigenvalue weighted by Crippen LogP contribution is 2.40. The van der Waals surface area contributed by atoms with Gasteiger partial charge < -0.3 is 14.0 Å². The lowest BCUT2D eigenvalue weighted by molar-refractivity contribution is 0.136. The second-order valence-corrected chi connectivity index (χ2v) is 8.54. The summed E-state index contributed by atoms with van der Waals surface area (Å²) in [5, 5.41) is 2.10. The summed E-state index contributed by atoms with van der Waals surface area (Å²) in [6, 6.07) is 10.1. The third-order valence-corrected chi connectivity index (χ3v) is 7.31. The van der Waals surface area contributed by atoms with Crippen LogP contribution >= 0.6 is 0 Å². The maximum atomic E-state index is 13.6. The monoisotopic (exact) mass is 347 g/mol. The Morgan fingerprint density at radius 1 is 1.04 bits per heavy atom. The van der Waals surface area contributed by atoms with Crippen LogP contribution in [0.4, 0.5) is 0 Å². The molecule has 2 saturated heterocycles. The number of hydrogen-bond donors (Lipinski definition) is 0. The van der Waals surface area contributed by atoms with Gasteiger partial charge in [0.2, 0.25) is 0 Å². The third kappa shape index (κ3) is 1.86. The molecular weight excluding hydrogens is 322 g/mol. The van der Waals surface area contributed by atoms with Crippen LogP contribution in [-0.4, -0.2) is 33.2 Å². The van der Waals surface area contributed by atoms with Crippen LogP contribution < -0.4 is 5.56 Å². The second kappa shape index (κ2) is 5.23. The van der Waals surface area contributed by atoms with Gasteiger partial charge >= 0.3 is 0 Å². The van der Waals surface area contributed by atoms with Crippen molar-refractivity contribution in [3.63, 3.8) is 0 Å². The fourth-order valence-electron chi connectivity index (χ4n) is 5.99. The number of benzene rings is 1. The molecule has 4 heteroatoms. The Morgan fingerprint density at radius 3 is 2.62 bits per heavy atom. The van der Waals surface area contributed by atoms with Crippen molar-refractivity contribution in [2.24, 2.45) is 0 Å². The fraction of sp³-hybridized carbons (Fsp3) is 0.500. The first kappa shape index (κ1) is 15.0. The molecule has 0 radical (unpaired) electrons. The molecule has 3 aliphatic heterocycles. The summed E-state index contributed by atoms with van der Waals surface area (Å²) in [6.07, 6.45) is 9.30. The molecule has 0 spiro atoms. The Morgan fingerprint density at radius 2 is 1.81 bits per heavy atom. The van der Waals surface area contributed by atoms with Crippen LogP contribution in [0.1, 0.15) is 43.7 Å². The molecule has 2 bridgehead atoms. The molecule has 3 atom stereocenters. The molecule has 0 aliphatic carbocycles. The average molecular weight is 347 g/mol. The SMILES string of the molecule is CN1[C@@H]2CC[C@H]1CC(n1cc3c4c(c1=O)c1ccccc1n4CCC3)C2. The Labute approximate surface area is 153 Å². The van der Waals surface area contributed by atoms with E-state index in [0.717, 1.165) is 43.0 Å². The number of rotatable bonds is 1. The van der Waals surface area contributed by atoms with Crippen molar-refractivity contribution in [2.45, 2.75) is 63.2 Å². The molecule has 3 aromatic rings. The molecule has 0 saturated carbocycles. The second-order valence-electron chi connectivity index (χ2n) is 8.54. The summed E-state index contributed by atoms with van der Waals surface area (Å²) in [6.45, 7) is 1.03. The number of pyridine rings is 1. The van der Waals surface area contributed by atoms with Crippen molar-refractivity contribution in [3.05, 3.63) is 46.4 Å². The summed E-state index contributed by atoms with van der Waals surface area (Å²) >= 11 is 0.